The van der Waals surface area contributed by atoms with E-state index in [-0.39, 0.29) is 17.2 Å². The summed E-state index contributed by atoms with van der Waals surface area (Å²) in [6, 6.07) is 3.74. The molecule has 5 heteroatoms. The van der Waals surface area contributed by atoms with E-state index in [4.69, 9.17) is 9.84 Å². The third-order valence-corrected chi connectivity index (χ3v) is 5.45. The predicted octanol–water partition coefficient (Wildman–Crippen LogP) is 2.64. The molecule has 1 aliphatic carbocycles. The van der Waals surface area contributed by atoms with E-state index in [1.807, 2.05) is 30.9 Å². The summed E-state index contributed by atoms with van der Waals surface area (Å²) in [4.78, 5) is 25.7. The number of hydrogen-bond donors (Lipinski definition) is 1. The standard InChI is InChI=1S/C18H23NO4/c1-11-8-13(9-12(2)15(11)23-3)16(20)19-6-4-18(5-7-19)10-14(18)17(21)22/h8-9,14H,4-7,10H2,1-3H3,(H,21,22). The number of amides is 1. The van der Waals surface area contributed by atoms with Gasteiger partial charge in [-0.3, -0.25) is 9.59 Å². The average Bonchev–Trinajstić information content (AvgIpc) is 3.21. The van der Waals surface area contributed by atoms with E-state index in [0.717, 1.165) is 36.1 Å². The summed E-state index contributed by atoms with van der Waals surface area (Å²) < 4.78 is 5.35. The van der Waals surface area contributed by atoms with Crippen molar-refractivity contribution in [1.29, 1.82) is 0 Å². The Morgan fingerprint density at radius 1 is 1.22 bits per heavy atom. The van der Waals surface area contributed by atoms with Crippen LogP contribution in [0.3, 0.4) is 0 Å². The number of piperidine rings is 1. The first kappa shape index (κ1) is 15.8. The van der Waals surface area contributed by atoms with E-state index >= 15 is 0 Å². The maximum absolute atomic E-state index is 12.7. The van der Waals surface area contributed by atoms with Crippen molar-refractivity contribution in [2.24, 2.45) is 11.3 Å². The van der Waals surface area contributed by atoms with Crippen molar-refractivity contribution in [3.8, 4) is 5.75 Å². The van der Waals surface area contributed by atoms with Gasteiger partial charge in [-0.25, -0.2) is 0 Å². The van der Waals surface area contributed by atoms with E-state index in [0.29, 0.717) is 18.7 Å². The monoisotopic (exact) mass is 317 g/mol. The van der Waals surface area contributed by atoms with E-state index in [1.165, 1.54) is 0 Å². The van der Waals surface area contributed by atoms with Gasteiger partial charge >= 0.3 is 5.97 Å². The Balaban J connectivity index is 1.70. The first-order valence-electron chi connectivity index (χ1n) is 8.05. The lowest BCUT2D eigenvalue weighted by Crippen LogP contribution is -2.40. The number of rotatable bonds is 3. The molecule has 1 unspecified atom stereocenters. The molecule has 1 saturated carbocycles. The molecule has 5 nitrogen and oxygen atoms in total. The zero-order valence-corrected chi connectivity index (χ0v) is 13.9. The smallest absolute Gasteiger partial charge is 0.307 e. The molecule has 1 spiro atoms. The fourth-order valence-electron chi connectivity index (χ4n) is 3.98. The fourth-order valence-corrected chi connectivity index (χ4v) is 3.98. The molecule has 124 valence electrons. The van der Waals surface area contributed by atoms with Crippen LogP contribution in [0.4, 0.5) is 0 Å². The van der Waals surface area contributed by atoms with Crippen molar-refractivity contribution in [1.82, 2.24) is 4.90 Å². The maximum atomic E-state index is 12.7. The molecule has 2 aliphatic rings. The summed E-state index contributed by atoms with van der Waals surface area (Å²) >= 11 is 0. The first-order chi connectivity index (χ1) is 10.9. The second-order valence-corrected chi connectivity index (χ2v) is 6.89. The molecular weight excluding hydrogens is 294 g/mol. The SMILES string of the molecule is COc1c(C)cc(C(=O)N2CCC3(CC2)CC3C(=O)O)cc1C. The van der Waals surface area contributed by atoms with Gasteiger partial charge in [-0.05, 0) is 61.8 Å². The third-order valence-electron chi connectivity index (χ3n) is 5.45. The number of carbonyl (C=O) groups is 2. The van der Waals surface area contributed by atoms with E-state index in [1.54, 1.807) is 7.11 Å². The highest BCUT2D eigenvalue weighted by Gasteiger charge is 2.59. The second-order valence-electron chi connectivity index (χ2n) is 6.89. The molecule has 1 aromatic carbocycles. The lowest BCUT2D eigenvalue weighted by molar-refractivity contribution is -0.139. The van der Waals surface area contributed by atoms with Crippen LogP contribution in [-0.4, -0.2) is 42.1 Å². The number of likely N-dealkylation sites (tertiary alicyclic amines) is 1. The number of carbonyl (C=O) groups excluding carboxylic acids is 1. The van der Waals surface area contributed by atoms with Gasteiger partial charge in [0.05, 0.1) is 13.0 Å². The summed E-state index contributed by atoms with van der Waals surface area (Å²) in [6.07, 6.45) is 2.36. The predicted molar refractivity (Wildman–Crippen MR) is 85.8 cm³/mol. The van der Waals surface area contributed by atoms with Crippen LogP contribution in [0.2, 0.25) is 0 Å². The highest BCUT2D eigenvalue weighted by atomic mass is 16.5. The molecule has 1 aromatic rings. The van der Waals surface area contributed by atoms with Crippen molar-refractivity contribution in [3.05, 3.63) is 28.8 Å². The van der Waals surface area contributed by atoms with Crippen LogP contribution in [-0.2, 0) is 4.79 Å². The van der Waals surface area contributed by atoms with Crippen LogP contribution in [0.5, 0.6) is 5.75 Å². The molecular formula is C18H23NO4. The topological polar surface area (TPSA) is 66.8 Å². The summed E-state index contributed by atoms with van der Waals surface area (Å²) in [5.41, 5.74) is 2.55. The van der Waals surface area contributed by atoms with Crippen molar-refractivity contribution in [2.45, 2.75) is 33.1 Å². The molecule has 1 heterocycles. The molecule has 1 saturated heterocycles. The van der Waals surface area contributed by atoms with Crippen LogP contribution >= 0.6 is 0 Å². The van der Waals surface area contributed by atoms with Gasteiger partial charge in [-0.1, -0.05) is 0 Å². The maximum Gasteiger partial charge on any atom is 0.307 e. The summed E-state index contributed by atoms with van der Waals surface area (Å²) in [5, 5.41) is 9.14. The van der Waals surface area contributed by atoms with Crippen molar-refractivity contribution in [2.75, 3.05) is 20.2 Å². The highest BCUT2D eigenvalue weighted by molar-refractivity contribution is 5.95. The number of benzene rings is 1. The quantitative estimate of drug-likeness (QED) is 0.930. The minimum Gasteiger partial charge on any atom is -0.496 e. The van der Waals surface area contributed by atoms with Crippen LogP contribution in [0.15, 0.2) is 12.1 Å². The van der Waals surface area contributed by atoms with Crippen molar-refractivity contribution < 1.29 is 19.4 Å². The molecule has 1 amide bonds. The van der Waals surface area contributed by atoms with E-state index in [2.05, 4.69) is 0 Å². The summed E-state index contributed by atoms with van der Waals surface area (Å²) in [7, 11) is 1.63. The lowest BCUT2D eigenvalue weighted by Gasteiger charge is -2.33. The Labute approximate surface area is 136 Å². The lowest BCUT2D eigenvalue weighted by atomic mass is 9.90. The van der Waals surface area contributed by atoms with Gasteiger partial charge in [0, 0.05) is 18.7 Å². The molecule has 1 aliphatic heterocycles. The molecule has 23 heavy (non-hydrogen) atoms. The molecule has 0 bridgehead atoms. The molecule has 3 rings (SSSR count). The zero-order chi connectivity index (χ0) is 16.8. The third kappa shape index (κ3) is 2.69. The number of aliphatic carboxylic acids is 1. The number of carboxylic acid groups (broad SMARTS) is 1. The fraction of sp³-hybridized carbons (Fsp3) is 0.556. The molecule has 1 atom stereocenters. The number of hydrogen-bond acceptors (Lipinski definition) is 3. The van der Waals surface area contributed by atoms with Gasteiger partial charge in [0.25, 0.3) is 5.91 Å². The Morgan fingerprint density at radius 3 is 2.22 bits per heavy atom. The average molecular weight is 317 g/mol. The first-order valence-corrected chi connectivity index (χ1v) is 8.05. The Bertz CT molecular complexity index is 636. The molecule has 0 aromatic heterocycles. The number of ether oxygens (including phenoxy) is 1. The Hall–Kier alpha value is -2.04. The minimum atomic E-state index is -0.689. The van der Waals surface area contributed by atoms with Gasteiger partial charge < -0.3 is 14.7 Å². The van der Waals surface area contributed by atoms with Crippen LogP contribution < -0.4 is 4.74 Å². The second kappa shape index (κ2) is 5.55. The summed E-state index contributed by atoms with van der Waals surface area (Å²) in [5.74, 6) is -0.0425. The van der Waals surface area contributed by atoms with Crippen LogP contribution in [0.1, 0.15) is 40.7 Å². The number of nitrogens with zero attached hydrogens (tertiary/aromatic N) is 1. The largest absolute Gasteiger partial charge is 0.496 e. The Kier molecular flexibility index (Phi) is 3.82. The number of methoxy groups -OCH3 is 1. The van der Waals surface area contributed by atoms with Gasteiger partial charge in [0.15, 0.2) is 0 Å². The van der Waals surface area contributed by atoms with Gasteiger partial charge in [-0.15, -0.1) is 0 Å². The van der Waals surface area contributed by atoms with Gasteiger partial charge in [-0.2, -0.15) is 0 Å². The van der Waals surface area contributed by atoms with Gasteiger partial charge in [0.2, 0.25) is 0 Å². The zero-order valence-electron chi connectivity index (χ0n) is 13.9. The van der Waals surface area contributed by atoms with E-state index in [9.17, 15) is 9.59 Å². The Morgan fingerprint density at radius 2 is 1.78 bits per heavy atom. The minimum absolute atomic E-state index is 0.0289. The van der Waals surface area contributed by atoms with Crippen molar-refractivity contribution in [3.63, 3.8) is 0 Å². The summed E-state index contributed by atoms with van der Waals surface area (Å²) in [6.45, 7) is 5.17. The number of aryl methyl sites for hydroxylation is 2. The van der Waals surface area contributed by atoms with Crippen LogP contribution in [0, 0.1) is 25.2 Å². The number of carboxylic acids is 1. The van der Waals surface area contributed by atoms with Gasteiger partial charge in [0.1, 0.15) is 5.75 Å². The normalized spacial score (nSPS) is 22.0. The highest BCUT2D eigenvalue weighted by Crippen LogP contribution is 2.59. The molecule has 1 N–H and O–H groups in total. The van der Waals surface area contributed by atoms with E-state index < -0.39 is 5.97 Å². The van der Waals surface area contributed by atoms with Crippen molar-refractivity contribution >= 4 is 11.9 Å². The molecule has 2 fully saturated rings. The van der Waals surface area contributed by atoms with Crippen LogP contribution in [0.25, 0.3) is 0 Å². The molecule has 0 radical (unpaired) electrons.